The summed E-state index contributed by atoms with van der Waals surface area (Å²) in [6.45, 7) is 0.337. The number of amides is 1. The molecule has 1 N–H and O–H groups in total. The van der Waals surface area contributed by atoms with E-state index in [2.05, 4.69) is 10.3 Å². The second-order valence-electron chi connectivity index (χ2n) is 6.19. The first-order valence-corrected chi connectivity index (χ1v) is 9.45. The van der Waals surface area contributed by atoms with Gasteiger partial charge in [0.2, 0.25) is 5.91 Å². The molecule has 27 heavy (non-hydrogen) atoms. The predicted molar refractivity (Wildman–Crippen MR) is 108 cm³/mol. The fraction of sp³-hybridized carbons (Fsp3) is 0.150. The molecule has 0 saturated carbocycles. The van der Waals surface area contributed by atoms with E-state index in [1.54, 1.807) is 33.7 Å². The summed E-state index contributed by atoms with van der Waals surface area (Å²) in [5.74, 6) is -0.128. The third kappa shape index (κ3) is 3.41. The predicted octanol–water partition coefficient (Wildman–Crippen LogP) is 3.49. The van der Waals surface area contributed by atoms with Gasteiger partial charge in [-0.25, -0.2) is 9.78 Å². The summed E-state index contributed by atoms with van der Waals surface area (Å²) < 4.78 is 3.24. The third-order valence-corrected chi connectivity index (χ3v) is 5.28. The van der Waals surface area contributed by atoms with Crippen LogP contribution in [-0.4, -0.2) is 20.0 Å². The Morgan fingerprint density at radius 1 is 1.11 bits per heavy atom. The summed E-state index contributed by atoms with van der Waals surface area (Å²) >= 11 is 1.57. The Kier molecular flexibility index (Phi) is 4.60. The van der Waals surface area contributed by atoms with Crippen LogP contribution in [0.2, 0.25) is 0 Å². The molecule has 2 heterocycles. The van der Waals surface area contributed by atoms with Crippen molar-refractivity contribution in [2.45, 2.75) is 13.0 Å². The Hall–Kier alpha value is -3.19. The van der Waals surface area contributed by atoms with Crippen LogP contribution in [0.15, 0.2) is 64.9 Å². The zero-order chi connectivity index (χ0) is 18.8. The van der Waals surface area contributed by atoms with Crippen molar-refractivity contribution >= 4 is 34.0 Å². The van der Waals surface area contributed by atoms with Crippen molar-refractivity contribution in [3.8, 4) is 10.6 Å². The fourth-order valence-electron chi connectivity index (χ4n) is 3.08. The number of para-hydroxylation sites is 2. The van der Waals surface area contributed by atoms with E-state index in [4.69, 9.17) is 0 Å². The molecule has 2 aromatic carbocycles. The Bertz CT molecular complexity index is 1140. The van der Waals surface area contributed by atoms with Gasteiger partial charge in [0.05, 0.1) is 11.0 Å². The lowest BCUT2D eigenvalue weighted by Gasteiger charge is -2.07. The Labute approximate surface area is 159 Å². The highest BCUT2D eigenvalue weighted by atomic mass is 32.1. The van der Waals surface area contributed by atoms with Gasteiger partial charge in [-0.1, -0.05) is 12.1 Å². The molecule has 0 spiro atoms. The van der Waals surface area contributed by atoms with Crippen LogP contribution in [-0.2, 0) is 18.4 Å². The molecule has 0 aliphatic carbocycles. The lowest BCUT2D eigenvalue weighted by Crippen LogP contribution is -2.24. The third-order valence-electron chi connectivity index (χ3n) is 4.46. The van der Waals surface area contributed by atoms with Gasteiger partial charge in [-0.2, -0.15) is 0 Å². The molecule has 6 nitrogen and oxygen atoms in total. The van der Waals surface area contributed by atoms with E-state index < -0.39 is 0 Å². The lowest BCUT2D eigenvalue weighted by atomic mass is 10.2. The number of nitrogens with zero attached hydrogens (tertiary/aromatic N) is 3. The zero-order valence-corrected chi connectivity index (χ0v) is 15.6. The van der Waals surface area contributed by atoms with Crippen LogP contribution in [0.4, 0.5) is 5.69 Å². The van der Waals surface area contributed by atoms with Crippen LogP contribution in [0, 0.1) is 0 Å². The van der Waals surface area contributed by atoms with Gasteiger partial charge in [0.15, 0.2) is 0 Å². The lowest BCUT2D eigenvalue weighted by molar-refractivity contribution is -0.116. The first-order valence-electron chi connectivity index (χ1n) is 8.57. The van der Waals surface area contributed by atoms with Gasteiger partial charge >= 0.3 is 5.69 Å². The van der Waals surface area contributed by atoms with Crippen molar-refractivity contribution in [2.75, 3.05) is 5.32 Å². The number of imidazole rings is 1. The van der Waals surface area contributed by atoms with E-state index in [1.807, 2.05) is 53.9 Å². The second-order valence-corrected chi connectivity index (χ2v) is 7.09. The molecular weight excluding hydrogens is 360 g/mol. The van der Waals surface area contributed by atoms with Crippen LogP contribution in [0.5, 0.6) is 0 Å². The number of hydrogen-bond acceptors (Lipinski definition) is 4. The second kappa shape index (κ2) is 7.20. The topological polar surface area (TPSA) is 68.9 Å². The molecule has 0 atom stereocenters. The average molecular weight is 378 g/mol. The summed E-state index contributed by atoms with van der Waals surface area (Å²) in [5, 5.41) is 5.76. The number of nitrogens with one attached hydrogen (secondary N) is 1. The maximum atomic E-state index is 12.4. The van der Waals surface area contributed by atoms with Crippen molar-refractivity contribution in [1.82, 2.24) is 14.1 Å². The van der Waals surface area contributed by atoms with E-state index >= 15 is 0 Å². The quantitative estimate of drug-likeness (QED) is 0.578. The van der Waals surface area contributed by atoms with Crippen LogP contribution in [0.3, 0.4) is 0 Å². The van der Waals surface area contributed by atoms with Crippen LogP contribution in [0.1, 0.15) is 6.42 Å². The summed E-state index contributed by atoms with van der Waals surface area (Å²) in [6, 6.07) is 15.2. The first-order chi connectivity index (χ1) is 13.1. The molecule has 4 rings (SSSR count). The number of fused-ring (bicyclic) bond motifs is 1. The monoisotopic (exact) mass is 378 g/mol. The van der Waals surface area contributed by atoms with Crippen molar-refractivity contribution < 1.29 is 4.79 Å². The summed E-state index contributed by atoms with van der Waals surface area (Å²) in [5.41, 5.74) is 3.33. The number of carbonyl (C=O) groups excluding carboxylic acids is 1. The molecular formula is C20H18N4O2S. The van der Waals surface area contributed by atoms with Gasteiger partial charge < -0.3 is 5.32 Å². The molecule has 0 radical (unpaired) electrons. The highest BCUT2D eigenvalue weighted by molar-refractivity contribution is 7.13. The Morgan fingerprint density at radius 3 is 2.56 bits per heavy atom. The smallest absolute Gasteiger partial charge is 0.326 e. The van der Waals surface area contributed by atoms with Crippen LogP contribution >= 0.6 is 11.3 Å². The summed E-state index contributed by atoms with van der Waals surface area (Å²) in [6.07, 6.45) is 1.99. The summed E-state index contributed by atoms with van der Waals surface area (Å²) in [7, 11) is 1.74. The van der Waals surface area contributed by atoms with E-state index in [0.717, 1.165) is 27.3 Å². The summed E-state index contributed by atoms with van der Waals surface area (Å²) in [4.78, 5) is 29.0. The van der Waals surface area contributed by atoms with E-state index in [0.29, 0.717) is 6.54 Å². The minimum Gasteiger partial charge on any atom is -0.326 e. The molecule has 0 fully saturated rings. The van der Waals surface area contributed by atoms with Gasteiger partial charge in [-0.3, -0.25) is 13.9 Å². The number of benzene rings is 2. The fourth-order valence-corrected chi connectivity index (χ4v) is 3.72. The molecule has 0 saturated heterocycles. The Balaban J connectivity index is 1.43. The van der Waals surface area contributed by atoms with Crippen molar-refractivity contribution in [2.24, 2.45) is 7.05 Å². The zero-order valence-electron chi connectivity index (χ0n) is 14.8. The first kappa shape index (κ1) is 17.2. The van der Waals surface area contributed by atoms with Gasteiger partial charge in [0, 0.05) is 42.8 Å². The number of carbonyl (C=O) groups is 1. The number of hydrogen-bond donors (Lipinski definition) is 1. The normalized spacial score (nSPS) is 11.0. The minimum absolute atomic E-state index is 0.114. The highest BCUT2D eigenvalue weighted by Gasteiger charge is 2.11. The van der Waals surface area contributed by atoms with Gasteiger partial charge in [0.25, 0.3) is 0 Å². The maximum Gasteiger partial charge on any atom is 0.328 e. The van der Waals surface area contributed by atoms with Gasteiger partial charge in [-0.05, 0) is 36.4 Å². The number of rotatable bonds is 5. The molecule has 2 aromatic heterocycles. The van der Waals surface area contributed by atoms with E-state index in [1.165, 1.54) is 0 Å². The Morgan fingerprint density at radius 2 is 1.85 bits per heavy atom. The number of anilines is 1. The molecule has 136 valence electrons. The molecule has 7 heteroatoms. The van der Waals surface area contributed by atoms with Crippen molar-refractivity contribution in [1.29, 1.82) is 0 Å². The highest BCUT2D eigenvalue weighted by Crippen LogP contribution is 2.23. The van der Waals surface area contributed by atoms with Crippen molar-refractivity contribution in [3.05, 3.63) is 70.6 Å². The molecule has 1 amide bonds. The molecule has 0 aliphatic rings. The van der Waals surface area contributed by atoms with Crippen molar-refractivity contribution in [3.63, 3.8) is 0 Å². The van der Waals surface area contributed by atoms with E-state index in [9.17, 15) is 9.59 Å². The van der Waals surface area contributed by atoms with Gasteiger partial charge in [0.1, 0.15) is 5.01 Å². The largest absolute Gasteiger partial charge is 0.328 e. The number of aryl methyl sites for hydroxylation is 2. The SMILES string of the molecule is Cn1c(=O)n(CCC(=O)Nc2ccc(-c3nccs3)cc2)c2ccccc21. The molecule has 4 aromatic rings. The standard InChI is InChI=1S/C20H18N4O2S/c1-23-16-4-2-3-5-17(16)24(20(23)26)12-10-18(25)22-15-8-6-14(7-9-15)19-21-11-13-27-19/h2-9,11,13H,10,12H2,1H3,(H,22,25). The minimum atomic E-state index is -0.128. The van der Waals surface area contributed by atoms with Gasteiger partial charge in [-0.15, -0.1) is 11.3 Å². The van der Waals surface area contributed by atoms with E-state index in [-0.39, 0.29) is 18.0 Å². The maximum absolute atomic E-state index is 12.4. The number of aromatic nitrogens is 3. The van der Waals surface area contributed by atoms with Crippen LogP contribution in [0.25, 0.3) is 21.6 Å². The molecule has 0 aliphatic heterocycles. The number of thiazole rings is 1. The molecule has 0 bridgehead atoms. The molecule has 0 unspecified atom stereocenters. The average Bonchev–Trinajstić information content (AvgIpc) is 3.30. The van der Waals surface area contributed by atoms with Crippen LogP contribution < -0.4 is 11.0 Å².